The second-order valence-electron chi connectivity index (χ2n) is 6.66. The molecule has 3 aromatic rings. The van der Waals surface area contributed by atoms with Gasteiger partial charge in [0.15, 0.2) is 0 Å². The number of fused-ring (bicyclic) bond motifs is 1. The maximum Gasteiger partial charge on any atom is 0.328 e. The molecule has 0 saturated heterocycles. The lowest BCUT2D eigenvalue weighted by atomic mass is 10.0. The lowest BCUT2D eigenvalue weighted by Crippen LogP contribution is -2.37. The van der Waals surface area contributed by atoms with Crippen molar-refractivity contribution in [1.29, 1.82) is 0 Å². The number of rotatable bonds is 4. The third kappa shape index (κ3) is 3.63. The molecule has 0 bridgehead atoms. The first-order valence-electron chi connectivity index (χ1n) is 8.91. The average molecular weight is 400 g/mol. The van der Waals surface area contributed by atoms with Crippen LogP contribution in [0, 0.1) is 0 Å². The van der Waals surface area contributed by atoms with Gasteiger partial charge in [-0.3, -0.25) is 19.7 Å². The Hall–Kier alpha value is -3.13. The Morgan fingerprint density at radius 3 is 2.89 bits per heavy atom. The minimum atomic E-state index is -0.515. The Morgan fingerprint density at radius 2 is 2.11 bits per heavy atom. The number of carbonyl (C=O) groups is 1. The Bertz CT molecular complexity index is 1150. The van der Waals surface area contributed by atoms with Gasteiger partial charge in [0.25, 0.3) is 5.56 Å². The standard InChI is InChI=1S/C19H18ClN5O3/c20-13-3-1-2-12(10-13)18-14-11-25(7-4-15(14)22-23-18)17(27)6-9-24-8-5-16(26)21-19(24)28/h1-3,5,8,10H,4,6-7,9,11H2,(H,22,23)(H,21,26,28). The van der Waals surface area contributed by atoms with Crippen LogP contribution in [0.4, 0.5) is 0 Å². The zero-order valence-corrected chi connectivity index (χ0v) is 15.7. The summed E-state index contributed by atoms with van der Waals surface area (Å²) in [6, 6.07) is 8.72. The minimum absolute atomic E-state index is 0.0537. The molecule has 0 spiro atoms. The molecule has 0 fully saturated rings. The summed E-state index contributed by atoms with van der Waals surface area (Å²) in [7, 11) is 0. The van der Waals surface area contributed by atoms with Crippen molar-refractivity contribution in [3.8, 4) is 11.3 Å². The lowest BCUT2D eigenvalue weighted by Gasteiger charge is -2.27. The Labute approximate surface area is 164 Å². The number of nitrogens with one attached hydrogen (secondary N) is 2. The van der Waals surface area contributed by atoms with Crippen LogP contribution in [0.25, 0.3) is 11.3 Å². The summed E-state index contributed by atoms with van der Waals surface area (Å²) in [6.45, 7) is 1.25. The first-order valence-corrected chi connectivity index (χ1v) is 9.28. The molecule has 28 heavy (non-hydrogen) atoms. The number of carbonyl (C=O) groups excluding carboxylic acids is 1. The van der Waals surface area contributed by atoms with Crippen molar-refractivity contribution in [3.63, 3.8) is 0 Å². The molecule has 8 nitrogen and oxygen atoms in total. The molecule has 0 radical (unpaired) electrons. The molecule has 0 saturated carbocycles. The second kappa shape index (κ2) is 7.47. The molecule has 2 N–H and O–H groups in total. The number of nitrogens with zero attached hydrogens (tertiary/aromatic N) is 3. The number of benzene rings is 1. The van der Waals surface area contributed by atoms with E-state index in [2.05, 4.69) is 15.2 Å². The van der Waals surface area contributed by atoms with Crippen molar-refractivity contribution >= 4 is 17.5 Å². The lowest BCUT2D eigenvalue weighted by molar-refractivity contribution is -0.132. The van der Waals surface area contributed by atoms with E-state index in [0.29, 0.717) is 24.5 Å². The van der Waals surface area contributed by atoms with Crippen LogP contribution in [0.2, 0.25) is 5.02 Å². The van der Waals surface area contributed by atoms with Gasteiger partial charge >= 0.3 is 5.69 Å². The number of aromatic amines is 2. The number of halogens is 1. The van der Waals surface area contributed by atoms with E-state index in [1.807, 2.05) is 18.2 Å². The Kier molecular flexibility index (Phi) is 4.87. The smallest absolute Gasteiger partial charge is 0.328 e. The van der Waals surface area contributed by atoms with Gasteiger partial charge in [-0.05, 0) is 12.1 Å². The van der Waals surface area contributed by atoms with Crippen LogP contribution in [0.5, 0.6) is 0 Å². The van der Waals surface area contributed by atoms with Crippen LogP contribution < -0.4 is 11.2 Å². The van der Waals surface area contributed by atoms with Gasteiger partial charge in [-0.15, -0.1) is 0 Å². The zero-order valence-electron chi connectivity index (χ0n) is 14.9. The number of hydrogen-bond acceptors (Lipinski definition) is 4. The van der Waals surface area contributed by atoms with E-state index in [0.717, 1.165) is 22.5 Å². The van der Waals surface area contributed by atoms with Crippen molar-refractivity contribution in [2.45, 2.75) is 25.9 Å². The monoisotopic (exact) mass is 399 g/mol. The van der Waals surface area contributed by atoms with Crippen LogP contribution in [0.1, 0.15) is 17.7 Å². The van der Waals surface area contributed by atoms with Gasteiger partial charge in [-0.2, -0.15) is 5.10 Å². The zero-order chi connectivity index (χ0) is 19.7. The second-order valence-corrected chi connectivity index (χ2v) is 7.09. The van der Waals surface area contributed by atoms with Crippen molar-refractivity contribution in [3.05, 3.63) is 73.6 Å². The molecular weight excluding hydrogens is 382 g/mol. The topological polar surface area (TPSA) is 104 Å². The van der Waals surface area contributed by atoms with E-state index in [1.165, 1.54) is 16.8 Å². The minimum Gasteiger partial charge on any atom is -0.338 e. The van der Waals surface area contributed by atoms with Crippen LogP contribution in [0.15, 0.2) is 46.1 Å². The van der Waals surface area contributed by atoms with E-state index < -0.39 is 11.2 Å². The first kappa shape index (κ1) is 18.2. The molecule has 9 heteroatoms. The third-order valence-corrected chi connectivity index (χ3v) is 5.08. The van der Waals surface area contributed by atoms with Gasteiger partial charge in [-0.1, -0.05) is 23.7 Å². The summed E-state index contributed by atoms with van der Waals surface area (Å²) in [5.41, 5.74) is 2.74. The summed E-state index contributed by atoms with van der Waals surface area (Å²) in [4.78, 5) is 39.5. The highest BCUT2D eigenvalue weighted by Crippen LogP contribution is 2.29. The van der Waals surface area contributed by atoms with E-state index in [4.69, 9.17) is 11.6 Å². The normalized spacial score (nSPS) is 13.4. The van der Waals surface area contributed by atoms with Gasteiger partial charge in [0.05, 0.1) is 5.69 Å². The van der Waals surface area contributed by atoms with E-state index in [1.54, 1.807) is 11.0 Å². The summed E-state index contributed by atoms with van der Waals surface area (Å²) < 4.78 is 1.32. The highest BCUT2D eigenvalue weighted by molar-refractivity contribution is 6.30. The van der Waals surface area contributed by atoms with Crippen LogP contribution >= 0.6 is 11.6 Å². The fourth-order valence-electron chi connectivity index (χ4n) is 3.38. The molecule has 2 aromatic heterocycles. The molecule has 3 heterocycles. The number of aryl methyl sites for hydroxylation is 1. The highest BCUT2D eigenvalue weighted by atomic mass is 35.5. The molecule has 0 aliphatic carbocycles. The molecule has 0 atom stereocenters. The van der Waals surface area contributed by atoms with E-state index >= 15 is 0 Å². The largest absolute Gasteiger partial charge is 0.338 e. The number of hydrogen-bond donors (Lipinski definition) is 2. The maximum atomic E-state index is 12.7. The summed E-state index contributed by atoms with van der Waals surface area (Å²) in [5, 5.41) is 8.11. The van der Waals surface area contributed by atoms with Gasteiger partial charge in [0.2, 0.25) is 5.91 Å². The Balaban J connectivity index is 1.49. The van der Waals surface area contributed by atoms with Gasteiger partial charge < -0.3 is 9.47 Å². The van der Waals surface area contributed by atoms with Gasteiger partial charge in [0, 0.05) is 66.6 Å². The van der Waals surface area contributed by atoms with Crippen LogP contribution in [-0.4, -0.2) is 37.1 Å². The molecule has 1 aromatic carbocycles. The maximum absolute atomic E-state index is 12.7. The number of aromatic nitrogens is 4. The van der Waals surface area contributed by atoms with Crippen molar-refractivity contribution in [2.75, 3.05) is 6.54 Å². The molecular formula is C19H18ClN5O3. The quantitative estimate of drug-likeness (QED) is 0.694. The molecule has 4 rings (SSSR count). The summed E-state index contributed by atoms with van der Waals surface area (Å²) in [6.07, 6.45) is 2.26. The SMILES string of the molecule is O=C(CCn1ccc(=O)[nH]c1=O)N1CCc2[nH]nc(-c3cccc(Cl)c3)c2C1. The van der Waals surface area contributed by atoms with Crippen molar-refractivity contribution in [2.24, 2.45) is 0 Å². The number of amides is 1. The predicted molar refractivity (Wildman–Crippen MR) is 104 cm³/mol. The van der Waals surface area contributed by atoms with E-state index in [-0.39, 0.29) is 18.9 Å². The Morgan fingerprint density at radius 1 is 1.25 bits per heavy atom. The molecule has 0 unspecified atom stereocenters. The number of H-pyrrole nitrogens is 2. The fourth-order valence-corrected chi connectivity index (χ4v) is 3.57. The highest BCUT2D eigenvalue weighted by Gasteiger charge is 2.25. The molecule has 144 valence electrons. The molecule has 1 aliphatic rings. The molecule has 1 amide bonds. The van der Waals surface area contributed by atoms with Crippen molar-refractivity contribution < 1.29 is 4.79 Å². The van der Waals surface area contributed by atoms with Crippen molar-refractivity contribution in [1.82, 2.24) is 24.6 Å². The van der Waals surface area contributed by atoms with Crippen LogP contribution in [-0.2, 0) is 24.3 Å². The summed E-state index contributed by atoms with van der Waals surface area (Å²) >= 11 is 6.09. The molecule has 1 aliphatic heterocycles. The van der Waals surface area contributed by atoms with Gasteiger partial charge in [0.1, 0.15) is 0 Å². The van der Waals surface area contributed by atoms with E-state index in [9.17, 15) is 14.4 Å². The first-order chi connectivity index (χ1) is 13.5. The van der Waals surface area contributed by atoms with Gasteiger partial charge in [-0.25, -0.2) is 4.79 Å². The average Bonchev–Trinajstić information content (AvgIpc) is 3.10. The predicted octanol–water partition coefficient (Wildman–Crippen LogP) is 1.56. The fraction of sp³-hybridized carbons (Fsp3) is 0.263. The van der Waals surface area contributed by atoms with Crippen LogP contribution in [0.3, 0.4) is 0 Å². The third-order valence-electron chi connectivity index (χ3n) is 4.85. The summed E-state index contributed by atoms with van der Waals surface area (Å²) in [5.74, 6) is -0.0537.